The normalized spacial score (nSPS) is 15.6. The molecule has 136 valence electrons. The number of benzene rings is 1. The zero-order chi connectivity index (χ0) is 18.2. The molecule has 1 aliphatic rings. The van der Waals surface area contributed by atoms with Gasteiger partial charge in [-0.1, -0.05) is 30.9 Å². The minimum Gasteiger partial charge on any atom is -0.495 e. The molecular weight excluding hydrogens is 342 g/mol. The van der Waals surface area contributed by atoms with Gasteiger partial charge in [0.2, 0.25) is 11.8 Å². The largest absolute Gasteiger partial charge is 0.495 e. The van der Waals surface area contributed by atoms with Crippen molar-refractivity contribution in [1.29, 1.82) is 0 Å². The van der Waals surface area contributed by atoms with Gasteiger partial charge in [-0.2, -0.15) is 5.10 Å². The Hall–Kier alpha value is -2.08. The van der Waals surface area contributed by atoms with Gasteiger partial charge in [0.05, 0.1) is 18.6 Å². The summed E-state index contributed by atoms with van der Waals surface area (Å²) in [6.07, 6.45) is 5.30. The molecule has 0 saturated heterocycles. The van der Waals surface area contributed by atoms with E-state index in [1.807, 2.05) is 0 Å². The molecule has 2 rings (SSSR count). The second-order valence-electron chi connectivity index (χ2n) is 6.23. The summed E-state index contributed by atoms with van der Waals surface area (Å²) in [6.45, 7) is 1.71. The van der Waals surface area contributed by atoms with Crippen LogP contribution in [-0.2, 0) is 9.59 Å². The Morgan fingerprint density at radius 2 is 2.00 bits per heavy atom. The maximum Gasteiger partial charge on any atom is 0.243 e. The average Bonchev–Trinajstić information content (AvgIpc) is 2.60. The third-order valence-corrected chi connectivity index (χ3v) is 4.48. The van der Waals surface area contributed by atoms with Crippen LogP contribution in [0, 0.1) is 5.92 Å². The number of carbonyl (C=O) groups is 2. The van der Waals surface area contributed by atoms with E-state index in [-0.39, 0.29) is 24.2 Å². The SMILES string of the molecule is COc1ccc(NC(=O)C/C(C)=N/NC(=O)C2CCCCC2)cc1Cl. The van der Waals surface area contributed by atoms with Crippen molar-refractivity contribution in [2.24, 2.45) is 11.0 Å². The molecule has 2 amide bonds. The van der Waals surface area contributed by atoms with Crippen LogP contribution in [0.25, 0.3) is 0 Å². The molecule has 0 spiro atoms. The van der Waals surface area contributed by atoms with Crippen molar-refractivity contribution in [3.05, 3.63) is 23.2 Å². The number of hydrazone groups is 1. The van der Waals surface area contributed by atoms with Crippen molar-refractivity contribution < 1.29 is 14.3 Å². The predicted molar refractivity (Wildman–Crippen MR) is 99.1 cm³/mol. The third kappa shape index (κ3) is 6.05. The summed E-state index contributed by atoms with van der Waals surface area (Å²) in [5.74, 6) is 0.305. The molecule has 2 N–H and O–H groups in total. The molecule has 1 saturated carbocycles. The van der Waals surface area contributed by atoms with Gasteiger partial charge in [-0.05, 0) is 38.0 Å². The highest BCUT2D eigenvalue weighted by Gasteiger charge is 2.20. The number of hydrogen-bond donors (Lipinski definition) is 2. The molecule has 1 fully saturated rings. The van der Waals surface area contributed by atoms with E-state index >= 15 is 0 Å². The van der Waals surface area contributed by atoms with Gasteiger partial charge in [0.1, 0.15) is 5.75 Å². The van der Waals surface area contributed by atoms with E-state index in [0.717, 1.165) is 25.7 Å². The maximum absolute atomic E-state index is 12.1. The highest BCUT2D eigenvalue weighted by atomic mass is 35.5. The monoisotopic (exact) mass is 365 g/mol. The third-order valence-electron chi connectivity index (χ3n) is 4.18. The van der Waals surface area contributed by atoms with Gasteiger partial charge in [-0.3, -0.25) is 9.59 Å². The van der Waals surface area contributed by atoms with E-state index in [1.54, 1.807) is 25.1 Å². The fourth-order valence-corrected chi connectivity index (χ4v) is 3.09. The molecule has 0 heterocycles. The van der Waals surface area contributed by atoms with Crippen molar-refractivity contribution in [1.82, 2.24) is 5.43 Å². The number of rotatable bonds is 6. The zero-order valence-electron chi connectivity index (χ0n) is 14.6. The van der Waals surface area contributed by atoms with Gasteiger partial charge in [-0.25, -0.2) is 5.43 Å². The summed E-state index contributed by atoms with van der Waals surface area (Å²) >= 11 is 6.03. The van der Waals surface area contributed by atoms with Crippen molar-refractivity contribution in [2.45, 2.75) is 45.4 Å². The van der Waals surface area contributed by atoms with E-state index in [2.05, 4.69) is 15.8 Å². The van der Waals surface area contributed by atoms with Crippen LogP contribution < -0.4 is 15.5 Å². The number of amides is 2. The topological polar surface area (TPSA) is 79.8 Å². The summed E-state index contributed by atoms with van der Waals surface area (Å²) in [5, 5.41) is 7.20. The maximum atomic E-state index is 12.1. The van der Waals surface area contributed by atoms with Gasteiger partial charge < -0.3 is 10.1 Å². The first-order chi connectivity index (χ1) is 12.0. The quantitative estimate of drug-likeness (QED) is 0.595. The second kappa shape index (κ2) is 9.42. The lowest BCUT2D eigenvalue weighted by Gasteiger charge is -2.19. The predicted octanol–water partition coefficient (Wildman–Crippen LogP) is 3.75. The number of carbonyl (C=O) groups excluding carboxylic acids is 2. The Balaban J connectivity index is 1.82. The fraction of sp³-hybridized carbons (Fsp3) is 0.500. The molecule has 0 unspecified atom stereocenters. The number of anilines is 1. The number of ether oxygens (including phenoxy) is 1. The first-order valence-electron chi connectivity index (χ1n) is 8.46. The molecule has 6 nitrogen and oxygen atoms in total. The van der Waals surface area contributed by atoms with Crippen LogP contribution in [0.15, 0.2) is 23.3 Å². The van der Waals surface area contributed by atoms with Crippen LogP contribution >= 0.6 is 11.6 Å². The van der Waals surface area contributed by atoms with E-state index in [4.69, 9.17) is 16.3 Å². The van der Waals surface area contributed by atoms with Crippen molar-refractivity contribution in [3.8, 4) is 5.75 Å². The van der Waals surface area contributed by atoms with Gasteiger partial charge in [-0.15, -0.1) is 0 Å². The van der Waals surface area contributed by atoms with Crippen LogP contribution in [0.2, 0.25) is 5.02 Å². The highest BCUT2D eigenvalue weighted by molar-refractivity contribution is 6.32. The lowest BCUT2D eigenvalue weighted by molar-refractivity contribution is -0.126. The molecule has 7 heteroatoms. The minimum atomic E-state index is -0.227. The Kier molecular flexibility index (Phi) is 7.25. The smallest absolute Gasteiger partial charge is 0.243 e. The summed E-state index contributed by atoms with van der Waals surface area (Å²) in [6, 6.07) is 5.01. The molecule has 0 radical (unpaired) electrons. The molecule has 0 bridgehead atoms. The number of halogens is 1. The van der Waals surface area contributed by atoms with Gasteiger partial charge >= 0.3 is 0 Å². The van der Waals surface area contributed by atoms with E-state index in [9.17, 15) is 9.59 Å². The van der Waals surface area contributed by atoms with Crippen LogP contribution in [0.5, 0.6) is 5.75 Å². The molecule has 0 aliphatic heterocycles. The molecule has 0 atom stereocenters. The van der Waals surface area contributed by atoms with Crippen LogP contribution in [0.3, 0.4) is 0 Å². The van der Waals surface area contributed by atoms with E-state index in [0.29, 0.717) is 22.2 Å². The number of nitrogens with one attached hydrogen (secondary N) is 2. The summed E-state index contributed by atoms with van der Waals surface area (Å²) in [5.41, 5.74) is 3.70. The highest BCUT2D eigenvalue weighted by Crippen LogP contribution is 2.27. The average molecular weight is 366 g/mol. The van der Waals surface area contributed by atoms with Crippen molar-refractivity contribution in [2.75, 3.05) is 12.4 Å². The summed E-state index contributed by atoms with van der Waals surface area (Å²) < 4.78 is 5.07. The van der Waals surface area contributed by atoms with Gasteiger partial charge in [0.15, 0.2) is 0 Å². The van der Waals surface area contributed by atoms with Gasteiger partial charge in [0.25, 0.3) is 0 Å². The van der Waals surface area contributed by atoms with Crippen molar-refractivity contribution in [3.63, 3.8) is 0 Å². The Morgan fingerprint density at radius 1 is 1.28 bits per heavy atom. The Labute approximate surface area is 153 Å². The standard InChI is InChI=1S/C18H24ClN3O3/c1-12(21-22-18(24)13-6-4-3-5-7-13)10-17(23)20-14-8-9-16(25-2)15(19)11-14/h8-9,11,13H,3-7,10H2,1-2H3,(H,20,23)(H,22,24)/b21-12+. The van der Waals surface area contributed by atoms with Gasteiger partial charge in [0, 0.05) is 17.3 Å². The molecule has 1 aromatic carbocycles. The lowest BCUT2D eigenvalue weighted by Crippen LogP contribution is -2.29. The molecule has 25 heavy (non-hydrogen) atoms. The van der Waals surface area contributed by atoms with Crippen LogP contribution in [0.4, 0.5) is 5.69 Å². The Bertz CT molecular complexity index is 655. The molecule has 1 aromatic rings. The Morgan fingerprint density at radius 3 is 2.64 bits per heavy atom. The van der Waals surface area contributed by atoms with Crippen LogP contribution in [-0.4, -0.2) is 24.6 Å². The fourth-order valence-electron chi connectivity index (χ4n) is 2.83. The van der Waals surface area contributed by atoms with Crippen molar-refractivity contribution >= 4 is 34.8 Å². The molecule has 1 aliphatic carbocycles. The summed E-state index contributed by atoms with van der Waals surface area (Å²) in [7, 11) is 1.53. The number of hydrogen-bond acceptors (Lipinski definition) is 4. The van der Waals surface area contributed by atoms with E-state index < -0.39 is 0 Å². The first kappa shape index (κ1) is 19.2. The minimum absolute atomic E-state index is 0.0422. The first-order valence-corrected chi connectivity index (χ1v) is 8.84. The lowest BCUT2D eigenvalue weighted by atomic mass is 9.89. The molecular formula is C18H24ClN3O3. The van der Waals surface area contributed by atoms with Crippen LogP contribution in [0.1, 0.15) is 45.4 Å². The van der Waals surface area contributed by atoms with E-state index in [1.165, 1.54) is 13.5 Å². The molecule has 0 aromatic heterocycles. The number of nitrogens with zero attached hydrogens (tertiary/aromatic N) is 1. The summed E-state index contributed by atoms with van der Waals surface area (Å²) in [4.78, 5) is 24.1. The second-order valence-corrected chi connectivity index (χ2v) is 6.64. The zero-order valence-corrected chi connectivity index (χ0v) is 15.4. The number of methoxy groups -OCH3 is 1.